The van der Waals surface area contributed by atoms with Crippen molar-refractivity contribution in [3.05, 3.63) is 28.2 Å². The number of nitrogen functional groups attached to an aromatic ring is 1. The molecule has 1 amide bonds. The minimum Gasteiger partial charge on any atom is -0.398 e. The maximum absolute atomic E-state index is 12.5. The van der Waals surface area contributed by atoms with Crippen molar-refractivity contribution in [2.24, 2.45) is 5.92 Å². The first-order valence-corrected chi connectivity index (χ1v) is 7.75. The number of amides is 1. The summed E-state index contributed by atoms with van der Waals surface area (Å²) in [7, 11) is 0. The lowest BCUT2D eigenvalue weighted by molar-refractivity contribution is 0.0687. The third-order valence-corrected chi connectivity index (χ3v) is 4.34. The van der Waals surface area contributed by atoms with E-state index in [9.17, 15) is 4.79 Å². The first-order chi connectivity index (χ1) is 9.11. The second kappa shape index (κ2) is 6.42. The minimum absolute atomic E-state index is 0.0637. The Bertz CT molecular complexity index is 453. The number of nitrogens with zero attached hydrogens (tertiary/aromatic N) is 1. The van der Waals surface area contributed by atoms with Gasteiger partial charge in [0.15, 0.2) is 0 Å². The Morgan fingerprint density at radius 1 is 1.42 bits per heavy atom. The fraction of sp³-hybridized carbons (Fsp3) is 0.533. The summed E-state index contributed by atoms with van der Waals surface area (Å²) < 4.78 is 0.894. The number of anilines is 1. The summed E-state index contributed by atoms with van der Waals surface area (Å²) in [5, 5.41) is 0. The number of benzene rings is 1. The van der Waals surface area contributed by atoms with E-state index >= 15 is 0 Å². The normalized spacial score (nSPS) is 16.6. The molecule has 1 aromatic carbocycles. The molecule has 0 aromatic heterocycles. The van der Waals surface area contributed by atoms with Crippen molar-refractivity contribution in [3.8, 4) is 0 Å². The smallest absolute Gasteiger partial charge is 0.255 e. The van der Waals surface area contributed by atoms with Gasteiger partial charge in [-0.15, -0.1) is 0 Å². The van der Waals surface area contributed by atoms with Gasteiger partial charge in [0.05, 0.1) is 5.56 Å². The molecule has 0 spiro atoms. The molecule has 2 rings (SSSR count). The van der Waals surface area contributed by atoms with E-state index in [-0.39, 0.29) is 5.91 Å². The van der Waals surface area contributed by atoms with E-state index in [2.05, 4.69) is 22.9 Å². The van der Waals surface area contributed by atoms with Gasteiger partial charge in [-0.25, -0.2) is 0 Å². The van der Waals surface area contributed by atoms with Crippen LogP contribution in [-0.4, -0.2) is 23.9 Å². The first kappa shape index (κ1) is 14.4. The molecular formula is C15H21BrN2O. The van der Waals surface area contributed by atoms with Gasteiger partial charge in [-0.2, -0.15) is 0 Å². The lowest BCUT2D eigenvalue weighted by Gasteiger charge is -2.32. The predicted octanol–water partition coefficient (Wildman–Crippen LogP) is 3.68. The fourth-order valence-corrected chi connectivity index (χ4v) is 3.08. The van der Waals surface area contributed by atoms with Crippen molar-refractivity contribution in [1.29, 1.82) is 0 Å². The summed E-state index contributed by atoms with van der Waals surface area (Å²) >= 11 is 3.39. The number of halogens is 1. The number of likely N-dealkylation sites (tertiary alicyclic amines) is 1. The van der Waals surface area contributed by atoms with Gasteiger partial charge in [0.2, 0.25) is 0 Å². The SMILES string of the molecule is CCCC1CCN(C(=O)c2cc(Br)ccc2N)CC1. The van der Waals surface area contributed by atoms with E-state index in [1.807, 2.05) is 17.0 Å². The Kier molecular flexibility index (Phi) is 4.86. The van der Waals surface area contributed by atoms with Crippen LogP contribution in [0.2, 0.25) is 0 Å². The van der Waals surface area contributed by atoms with E-state index in [0.717, 1.165) is 36.3 Å². The van der Waals surface area contributed by atoms with E-state index in [1.165, 1.54) is 12.8 Å². The van der Waals surface area contributed by atoms with Crippen molar-refractivity contribution in [2.75, 3.05) is 18.8 Å². The summed E-state index contributed by atoms with van der Waals surface area (Å²) in [5.74, 6) is 0.850. The molecule has 2 N–H and O–H groups in total. The molecule has 3 nitrogen and oxygen atoms in total. The zero-order valence-corrected chi connectivity index (χ0v) is 12.9. The highest BCUT2D eigenvalue weighted by Crippen LogP contribution is 2.25. The Hall–Kier alpha value is -1.03. The largest absolute Gasteiger partial charge is 0.398 e. The number of nitrogens with two attached hydrogens (primary N) is 1. The van der Waals surface area contributed by atoms with E-state index in [4.69, 9.17) is 5.73 Å². The molecule has 1 aliphatic rings. The van der Waals surface area contributed by atoms with Crippen molar-refractivity contribution in [1.82, 2.24) is 4.90 Å². The molecule has 0 radical (unpaired) electrons. The Balaban J connectivity index is 2.03. The topological polar surface area (TPSA) is 46.3 Å². The molecule has 1 saturated heterocycles. The molecule has 19 heavy (non-hydrogen) atoms. The maximum atomic E-state index is 12.5. The molecule has 1 fully saturated rings. The summed E-state index contributed by atoms with van der Waals surface area (Å²) in [5.41, 5.74) is 7.08. The van der Waals surface area contributed by atoms with Gasteiger partial charge < -0.3 is 10.6 Å². The number of piperidine rings is 1. The third-order valence-electron chi connectivity index (χ3n) is 3.84. The van der Waals surface area contributed by atoms with Crippen LogP contribution in [0.1, 0.15) is 43.0 Å². The van der Waals surface area contributed by atoms with Crippen molar-refractivity contribution in [2.45, 2.75) is 32.6 Å². The molecule has 1 aromatic rings. The molecule has 0 bridgehead atoms. The van der Waals surface area contributed by atoms with Crippen LogP contribution < -0.4 is 5.73 Å². The summed E-state index contributed by atoms with van der Waals surface area (Å²) in [4.78, 5) is 14.4. The quantitative estimate of drug-likeness (QED) is 0.862. The molecule has 0 aliphatic carbocycles. The lowest BCUT2D eigenvalue weighted by Crippen LogP contribution is -2.38. The van der Waals surface area contributed by atoms with Crippen LogP contribution in [0.25, 0.3) is 0 Å². The highest BCUT2D eigenvalue weighted by molar-refractivity contribution is 9.10. The molecule has 0 atom stereocenters. The molecule has 4 heteroatoms. The summed E-state index contributed by atoms with van der Waals surface area (Å²) in [6, 6.07) is 5.45. The van der Waals surface area contributed by atoms with Crippen LogP contribution in [0.5, 0.6) is 0 Å². The second-order valence-corrected chi connectivity index (χ2v) is 6.17. The zero-order valence-electron chi connectivity index (χ0n) is 11.4. The van der Waals surface area contributed by atoms with Gasteiger partial charge in [0.25, 0.3) is 5.91 Å². The van der Waals surface area contributed by atoms with Crippen LogP contribution in [-0.2, 0) is 0 Å². The Morgan fingerprint density at radius 2 is 2.11 bits per heavy atom. The van der Waals surface area contributed by atoms with Crippen LogP contribution >= 0.6 is 15.9 Å². The molecule has 1 heterocycles. The van der Waals surface area contributed by atoms with Crippen LogP contribution in [0.15, 0.2) is 22.7 Å². The molecular weight excluding hydrogens is 304 g/mol. The number of carbonyl (C=O) groups is 1. The average Bonchev–Trinajstić information content (AvgIpc) is 2.42. The number of carbonyl (C=O) groups excluding carboxylic acids is 1. The van der Waals surface area contributed by atoms with Crippen LogP contribution in [0.4, 0.5) is 5.69 Å². The van der Waals surface area contributed by atoms with Gasteiger partial charge >= 0.3 is 0 Å². The lowest BCUT2D eigenvalue weighted by atomic mass is 9.92. The van der Waals surface area contributed by atoms with Crippen molar-refractivity contribution >= 4 is 27.5 Å². The van der Waals surface area contributed by atoms with Gasteiger partial charge in [0, 0.05) is 23.2 Å². The number of hydrogen-bond acceptors (Lipinski definition) is 2. The summed E-state index contributed by atoms with van der Waals surface area (Å²) in [6.07, 6.45) is 4.75. The van der Waals surface area contributed by atoms with Gasteiger partial charge in [-0.3, -0.25) is 4.79 Å². The molecule has 0 saturated carbocycles. The van der Waals surface area contributed by atoms with Gasteiger partial charge in [-0.05, 0) is 37.0 Å². The number of hydrogen-bond donors (Lipinski definition) is 1. The second-order valence-electron chi connectivity index (χ2n) is 5.26. The minimum atomic E-state index is 0.0637. The summed E-state index contributed by atoms with van der Waals surface area (Å²) in [6.45, 7) is 3.94. The van der Waals surface area contributed by atoms with E-state index in [1.54, 1.807) is 6.07 Å². The average molecular weight is 325 g/mol. The molecule has 1 aliphatic heterocycles. The standard InChI is InChI=1S/C15H21BrN2O/c1-2-3-11-6-8-18(9-7-11)15(19)13-10-12(16)4-5-14(13)17/h4-5,10-11H,2-3,6-9,17H2,1H3. The highest BCUT2D eigenvalue weighted by Gasteiger charge is 2.24. The molecule has 0 unspecified atom stereocenters. The van der Waals surface area contributed by atoms with E-state index in [0.29, 0.717) is 11.3 Å². The number of rotatable bonds is 3. The van der Waals surface area contributed by atoms with E-state index < -0.39 is 0 Å². The monoisotopic (exact) mass is 324 g/mol. The third kappa shape index (κ3) is 3.50. The molecule has 104 valence electrons. The van der Waals surface area contributed by atoms with Gasteiger partial charge in [-0.1, -0.05) is 35.7 Å². The fourth-order valence-electron chi connectivity index (χ4n) is 2.72. The highest BCUT2D eigenvalue weighted by atomic mass is 79.9. The Labute approximate surface area is 123 Å². The van der Waals surface area contributed by atoms with Gasteiger partial charge in [0.1, 0.15) is 0 Å². The Morgan fingerprint density at radius 3 is 2.74 bits per heavy atom. The van der Waals surface area contributed by atoms with Crippen molar-refractivity contribution < 1.29 is 4.79 Å². The van der Waals surface area contributed by atoms with Crippen molar-refractivity contribution in [3.63, 3.8) is 0 Å². The van der Waals surface area contributed by atoms with Crippen LogP contribution in [0, 0.1) is 5.92 Å². The zero-order chi connectivity index (χ0) is 13.8. The first-order valence-electron chi connectivity index (χ1n) is 6.96. The maximum Gasteiger partial charge on any atom is 0.255 e. The predicted molar refractivity (Wildman–Crippen MR) is 82.1 cm³/mol. The van der Waals surface area contributed by atoms with Crippen LogP contribution in [0.3, 0.4) is 0 Å².